The summed E-state index contributed by atoms with van der Waals surface area (Å²) in [7, 11) is 0. The number of rotatable bonds is 5. The Morgan fingerprint density at radius 3 is 2.90 bits per heavy atom. The van der Waals surface area contributed by atoms with Crippen molar-refractivity contribution in [2.75, 3.05) is 18.0 Å². The molecule has 1 aliphatic heterocycles. The monoisotopic (exact) mass is 271 g/mol. The van der Waals surface area contributed by atoms with Crippen LogP contribution in [0.25, 0.3) is 0 Å². The van der Waals surface area contributed by atoms with Gasteiger partial charge in [-0.15, -0.1) is 0 Å². The van der Waals surface area contributed by atoms with E-state index in [9.17, 15) is 5.26 Å². The number of nitrogens with one attached hydrogen (secondary N) is 1. The Balaban J connectivity index is 2.11. The van der Waals surface area contributed by atoms with Gasteiger partial charge in [-0.05, 0) is 51.3 Å². The Bertz CT molecular complexity index is 491. The maximum Gasteiger partial charge on any atom is 0.105 e. The molecule has 108 valence electrons. The van der Waals surface area contributed by atoms with Crippen molar-refractivity contribution < 1.29 is 0 Å². The predicted molar refractivity (Wildman–Crippen MR) is 83.9 cm³/mol. The lowest BCUT2D eigenvalue weighted by Crippen LogP contribution is -2.46. The SMILES string of the molecule is CCNC(C)(C#N)CCN1c2ccccc2CCC1C. The van der Waals surface area contributed by atoms with Gasteiger partial charge in [-0.1, -0.05) is 25.1 Å². The Labute approximate surface area is 122 Å². The van der Waals surface area contributed by atoms with Crippen molar-refractivity contribution in [2.24, 2.45) is 0 Å². The summed E-state index contributed by atoms with van der Waals surface area (Å²) in [4.78, 5) is 2.46. The summed E-state index contributed by atoms with van der Waals surface area (Å²) in [5.41, 5.74) is 2.36. The van der Waals surface area contributed by atoms with Gasteiger partial charge in [0, 0.05) is 18.3 Å². The summed E-state index contributed by atoms with van der Waals surface area (Å²) in [5.74, 6) is 0. The molecule has 0 saturated heterocycles. The van der Waals surface area contributed by atoms with Crippen LogP contribution >= 0.6 is 0 Å². The second-order valence-corrected chi connectivity index (χ2v) is 5.93. The molecule has 0 fully saturated rings. The molecule has 1 aliphatic rings. The highest BCUT2D eigenvalue weighted by Gasteiger charge is 2.27. The van der Waals surface area contributed by atoms with Crippen LogP contribution < -0.4 is 10.2 Å². The zero-order valence-corrected chi connectivity index (χ0v) is 12.8. The van der Waals surface area contributed by atoms with Crippen molar-refractivity contribution in [2.45, 2.75) is 51.6 Å². The van der Waals surface area contributed by atoms with Crippen molar-refractivity contribution in [1.82, 2.24) is 5.32 Å². The fraction of sp³-hybridized carbons (Fsp3) is 0.588. The second kappa shape index (κ2) is 6.28. The summed E-state index contributed by atoms with van der Waals surface area (Å²) in [6.45, 7) is 8.09. The average molecular weight is 271 g/mol. The van der Waals surface area contributed by atoms with E-state index in [1.54, 1.807) is 0 Å². The molecule has 0 radical (unpaired) electrons. The largest absolute Gasteiger partial charge is 0.368 e. The summed E-state index contributed by atoms with van der Waals surface area (Å²) < 4.78 is 0. The van der Waals surface area contributed by atoms with E-state index in [1.807, 2.05) is 6.92 Å². The molecular formula is C17H25N3. The molecule has 0 aromatic heterocycles. The van der Waals surface area contributed by atoms with E-state index in [0.29, 0.717) is 6.04 Å². The van der Waals surface area contributed by atoms with Gasteiger partial charge in [0.05, 0.1) is 6.07 Å². The third-order valence-corrected chi connectivity index (χ3v) is 4.33. The standard InChI is InChI=1S/C17H25N3/c1-4-19-17(3,13-18)11-12-20-14(2)9-10-15-7-5-6-8-16(15)20/h5-8,14,19H,4,9-12H2,1-3H3. The van der Waals surface area contributed by atoms with Gasteiger partial charge < -0.3 is 4.90 Å². The number of anilines is 1. The number of hydrogen-bond acceptors (Lipinski definition) is 3. The molecule has 2 atom stereocenters. The maximum atomic E-state index is 9.38. The van der Waals surface area contributed by atoms with Gasteiger partial charge in [-0.25, -0.2) is 0 Å². The van der Waals surface area contributed by atoms with Crippen molar-refractivity contribution >= 4 is 5.69 Å². The molecule has 2 rings (SSSR count). The first-order valence-electron chi connectivity index (χ1n) is 7.60. The lowest BCUT2D eigenvalue weighted by molar-refractivity contribution is 0.416. The Morgan fingerprint density at radius 1 is 1.45 bits per heavy atom. The smallest absolute Gasteiger partial charge is 0.105 e. The van der Waals surface area contributed by atoms with Crippen LogP contribution in [0.15, 0.2) is 24.3 Å². The predicted octanol–water partition coefficient (Wildman–Crippen LogP) is 3.11. The molecule has 3 nitrogen and oxygen atoms in total. The minimum atomic E-state index is -0.430. The molecule has 0 amide bonds. The van der Waals surface area contributed by atoms with Gasteiger partial charge in [0.2, 0.25) is 0 Å². The number of hydrogen-bond donors (Lipinski definition) is 1. The van der Waals surface area contributed by atoms with Crippen LogP contribution in [0.3, 0.4) is 0 Å². The number of benzene rings is 1. The van der Waals surface area contributed by atoms with Gasteiger partial charge in [0.1, 0.15) is 5.54 Å². The van der Waals surface area contributed by atoms with Crippen LogP contribution in [0.4, 0.5) is 5.69 Å². The minimum absolute atomic E-state index is 0.430. The van der Waals surface area contributed by atoms with E-state index in [1.165, 1.54) is 17.7 Å². The highest BCUT2D eigenvalue weighted by Crippen LogP contribution is 2.31. The fourth-order valence-electron chi connectivity index (χ4n) is 3.02. The number of para-hydroxylation sites is 1. The van der Waals surface area contributed by atoms with Crippen LogP contribution in [-0.2, 0) is 6.42 Å². The molecule has 0 saturated carbocycles. The Kier molecular flexibility index (Phi) is 4.67. The van der Waals surface area contributed by atoms with Crippen molar-refractivity contribution in [3.63, 3.8) is 0 Å². The molecule has 0 bridgehead atoms. The first-order valence-corrected chi connectivity index (χ1v) is 7.60. The molecular weight excluding hydrogens is 246 g/mol. The van der Waals surface area contributed by atoms with E-state index in [2.05, 4.69) is 54.4 Å². The molecule has 1 aromatic rings. The first kappa shape index (κ1) is 14.9. The van der Waals surface area contributed by atoms with Crippen LogP contribution in [0.5, 0.6) is 0 Å². The van der Waals surface area contributed by atoms with E-state index < -0.39 is 5.54 Å². The number of nitrogens with zero attached hydrogens (tertiary/aromatic N) is 2. The maximum absolute atomic E-state index is 9.38. The molecule has 1 aromatic carbocycles. The van der Waals surface area contributed by atoms with E-state index >= 15 is 0 Å². The molecule has 20 heavy (non-hydrogen) atoms. The summed E-state index contributed by atoms with van der Waals surface area (Å²) in [6.07, 6.45) is 3.20. The fourth-order valence-corrected chi connectivity index (χ4v) is 3.02. The Hall–Kier alpha value is -1.53. The van der Waals surface area contributed by atoms with Crippen LogP contribution in [-0.4, -0.2) is 24.7 Å². The molecule has 3 heteroatoms. The third-order valence-electron chi connectivity index (χ3n) is 4.33. The van der Waals surface area contributed by atoms with Crippen molar-refractivity contribution in [3.05, 3.63) is 29.8 Å². The minimum Gasteiger partial charge on any atom is -0.368 e. The summed E-state index contributed by atoms with van der Waals surface area (Å²) >= 11 is 0. The number of fused-ring (bicyclic) bond motifs is 1. The van der Waals surface area contributed by atoms with E-state index in [4.69, 9.17) is 0 Å². The lowest BCUT2D eigenvalue weighted by Gasteiger charge is -2.38. The van der Waals surface area contributed by atoms with Crippen molar-refractivity contribution in [1.29, 1.82) is 5.26 Å². The van der Waals surface area contributed by atoms with Crippen LogP contribution in [0.2, 0.25) is 0 Å². The highest BCUT2D eigenvalue weighted by atomic mass is 15.2. The second-order valence-electron chi connectivity index (χ2n) is 5.93. The highest BCUT2D eigenvalue weighted by molar-refractivity contribution is 5.56. The van der Waals surface area contributed by atoms with E-state index in [-0.39, 0.29) is 0 Å². The lowest BCUT2D eigenvalue weighted by atomic mass is 9.94. The topological polar surface area (TPSA) is 39.1 Å². The van der Waals surface area contributed by atoms with Gasteiger partial charge in [-0.3, -0.25) is 5.32 Å². The quantitative estimate of drug-likeness (QED) is 0.894. The third kappa shape index (κ3) is 3.13. The van der Waals surface area contributed by atoms with Gasteiger partial charge in [0.15, 0.2) is 0 Å². The summed E-state index contributed by atoms with van der Waals surface area (Å²) in [6, 6.07) is 11.6. The van der Waals surface area contributed by atoms with E-state index in [0.717, 1.165) is 25.9 Å². The first-order chi connectivity index (χ1) is 9.59. The van der Waals surface area contributed by atoms with Crippen LogP contribution in [0.1, 0.15) is 39.2 Å². The zero-order valence-electron chi connectivity index (χ0n) is 12.8. The molecule has 0 spiro atoms. The van der Waals surface area contributed by atoms with Crippen molar-refractivity contribution in [3.8, 4) is 6.07 Å². The summed E-state index contributed by atoms with van der Waals surface area (Å²) in [5, 5.41) is 12.7. The van der Waals surface area contributed by atoms with Crippen LogP contribution in [0, 0.1) is 11.3 Å². The molecule has 1 N–H and O–H groups in total. The molecule has 0 aliphatic carbocycles. The normalized spacial score (nSPS) is 20.9. The van der Waals surface area contributed by atoms with Gasteiger partial charge in [-0.2, -0.15) is 5.26 Å². The average Bonchev–Trinajstić information content (AvgIpc) is 2.46. The molecule has 2 unspecified atom stereocenters. The number of aryl methyl sites for hydroxylation is 1. The number of nitriles is 1. The molecule has 1 heterocycles. The van der Waals surface area contributed by atoms with Gasteiger partial charge >= 0.3 is 0 Å². The zero-order chi connectivity index (χ0) is 14.6. The Morgan fingerprint density at radius 2 is 2.20 bits per heavy atom. The van der Waals surface area contributed by atoms with Gasteiger partial charge in [0.25, 0.3) is 0 Å².